The van der Waals surface area contributed by atoms with Crippen LogP contribution in [-0.4, -0.2) is 40.1 Å². The highest BCUT2D eigenvalue weighted by atomic mass is 32.1. The maximum Gasteiger partial charge on any atom is 0.266 e. The van der Waals surface area contributed by atoms with Gasteiger partial charge in [0.25, 0.3) is 5.91 Å². The lowest BCUT2D eigenvalue weighted by Gasteiger charge is -2.24. The molecule has 2 heterocycles. The average molecular weight is 254 g/mol. The summed E-state index contributed by atoms with van der Waals surface area (Å²) in [5.41, 5.74) is 2.55. The van der Waals surface area contributed by atoms with Crippen LogP contribution in [0, 0.1) is 6.92 Å². The summed E-state index contributed by atoms with van der Waals surface area (Å²) in [5, 5.41) is 8.87. The van der Waals surface area contributed by atoms with Gasteiger partial charge in [0.15, 0.2) is 0 Å². The van der Waals surface area contributed by atoms with Gasteiger partial charge in [-0.05, 0) is 32.6 Å². The molecule has 0 radical (unpaired) electrons. The average Bonchev–Trinajstić information content (AvgIpc) is 2.94. The third-order valence-corrected chi connectivity index (χ3v) is 4.19. The molecule has 17 heavy (non-hydrogen) atoms. The predicted molar refractivity (Wildman–Crippen MR) is 67.2 cm³/mol. The molecule has 1 saturated heterocycles. The fourth-order valence-electron chi connectivity index (χ4n) is 2.37. The van der Waals surface area contributed by atoms with Crippen molar-refractivity contribution in [1.82, 2.24) is 9.88 Å². The molecule has 5 heteroatoms. The first-order valence-electron chi connectivity index (χ1n) is 6.06. The summed E-state index contributed by atoms with van der Waals surface area (Å²) >= 11 is 1.42. The zero-order valence-corrected chi connectivity index (χ0v) is 10.9. The summed E-state index contributed by atoms with van der Waals surface area (Å²) < 4.78 is 0. The van der Waals surface area contributed by atoms with Crippen molar-refractivity contribution in [3.63, 3.8) is 0 Å². The van der Waals surface area contributed by atoms with Gasteiger partial charge in [0.05, 0.1) is 11.2 Å². The first-order valence-corrected chi connectivity index (χ1v) is 6.94. The van der Waals surface area contributed by atoms with Crippen molar-refractivity contribution in [3.05, 3.63) is 16.1 Å². The number of carbonyl (C=O) groups is 1. The Morgan fingerprint density at radius 3 is 3.18 bits per heavy atom. The Kier molecular flexibility index (Phi) is 4.12. The van der Waals surface area contributed by atoms with Crippen molar-refractivity contribution >= 4 is 17.2 Å². The highest BCUT2D eigenvalue weighted by Crippen LogP contribution is 2.25. The molecule has 1 aromatic heterocycles. The number of hydrogen-bond acceptors (Lipinski definition) is 4. The van der Waals surface area contributed by atoms with E-state index in [9.17, 15) is 4.79 Å². The van der Waals surface area contributed by atoms with E-state index in [2.05, 4.69) is 4.98 Å². The number of aromatic nitrogens is 1. The first kappa shape index (κ1) is 12.5. The van der Waals surface area contributed by atoms with Crippen molar-refractivity contribution in [1.29, 1.82) is 0 Å². The van der Waals surface area contributed by atoms with Crippen LogP contribution in [0.3, 0.4) is 0 Å². The molecule has 1 amide bonds. The lowest BCUT2D eigenvalue weighted by Crippen LogP contribution is -2.35. The molecule has 1 aliphatic rings. The summed E-state index contributed by atoms with van der Waals surface area (Å²) in [7, 11) is 0. The number of carbonyl (C=O) groups excluding carboxylic acids is 1. The molecule has 0 bridgehead atoms. The third-order valence-electron chi connectivity index (χ3n) is 3.27. The number of nitrogens with zero attached hydrogens (tertiary/aromatic N) is 2. The van der Waals surface area contributed by atoms with Crippen molar-refractivity contribution < 1.29 is 9.90 Å². The monoisotopic (exact) mass is 254 g/mol. The van der Waals surface area contributed by atoms with Crippen molar-refractivity contribution in [2.45, 2.75) is 38.6 Å². The Labute approximate surface area is 105 Å². The van der Waals surface area contributed by atoms with Crippen LogP contribution in [0.25, 0.3) is 0 Å². The second kappa shape index (κ2) is 5.60. The molecule has 2 rings (SSSR count). The van der Waals surface area contributed by atoms with Crippen LogP contribution in [0.1, 0.15) is 41.0 Å². The van der Waals surface area contributed by atoms with E-state index in [1.165, 1.54) is 11.3 Å². The Hall–Kier alpha value is -0.940. The van der Waals surface area contributed by atoms with Gasteiger partial charge in [-0.25, -0.2) is 4.98 Å². The molecule has 1 N–H and O–H groups in total. The predicted octanol–water partition coefficient (Wildman–Crippen LogP) is 1.83. The van der Waals surface area contributed by atoms with E-state index in [1.807, 2.05) is 11.8 Å². The summed E-state index contributed by atoms with van der Waals surface area (Å²) in [6.07, 6.45) is 3.81. The van der Waals surface area contributed by atoms with Crippen molar-refractivity contribution in [3.8, 4) is 0 Å². The summed E-state index contributed by atoms with van der Waals surface area (Å²) in [6, 6.07) is 0.302. The van der Waals surface area contributed by atoms with Crippen LogP contribution >= 0.6 is 11.3 Å². The number of hydrogen-bond donors (Lipinski definition) is 1. The van der Waals surface area contributed by atoms with Gasteiger partial charge in [0, 0.05) is 19.2 Å². The quantitative estimate of drug-likeness (QED) is 0.892. The van der Waals surface area contributed by atoms with E-state index in [4.69, 9.17) is 5.11 Å². The highest BCUT2D eigenvalue weighted by molar-refractivity contribution is 7.11. The molecule has 1 aromatic rings. The smallest absolute Gasteiger partial charge is 0.266 e. The molecule has 0 aliphatic carbocycles. The van der Waals surface area contributed by atoms with Crippen molar-refractivity contribution in [2.24, 2.45) is 0 Å². The Balaban J connectivity index is 2.06. The fraction of sp³-hybridized carbons (Fsp3) is 0.667. The minimum absolute atomic E-state index is 0.116. The molecular weight excluding hydrogens is 236 g/mol. The molecule has 1 atom stereocenters. The van der Waals surface area contributed by atoms with E-state index in [-0.39, 0.29) is 12.5 Å². The molecule has 1 aliphatic heterocycles. The van der Waals surface area contributed by atoms with Crippen LogP contribution < -0.4 is 0 Å². The summed E-state index contributed by atoms with van der Waals surface area (Å²) in [6.45, 7) is 2.92. The number of aryl methyl sites for hydroxylation is 1. The zero-order valence-electron chi connectivity index (χ0n) is 10.1. The lowest BCUT2D eigenvalue weighted by molar-refractivity contribution is 0.0728. The largest absolute Gasteiger partial charge is 0.396 e. The molecule has 94 valence electrons. The minimum Gasteiger partial charge on any atom is -0.396 e. The standard InChI is InChI=1S/C12H18N2O2S/c1-9-11(17-8-13-9)12(16)14-6-2-4-10(14)5-3-7-15/h8,10,15H,2-7H2,1H3. The topological polar surface area (TPSA) is 53.4 Å². The normalized spacial score (nSPS) is 19.9. The van der Waals surface area contributed by atoms with E-state index < -0.39 is 0 Å². The van der Waals surface area contributed by atoms with Gasteiger partial charge < -0.3 is 10.0 Å². The Morgan fingerprint density at radius 1 is 1.71 bits per heavy atom. The van der Waals surface area contributed by atoms with Gasteiger partial charge in [-0.2, -0.15) is 0 Å². The van der Waals surface area contributed by atoms with E-state index in [0.29, 0.717) is 6.04 Å². The van der Waals surface area contributed by atoms with Crippen LogP contribution in [0.2, 0.25) is 0 Å². The fourth-order valence-corrected chi connectivity index (χ4v) is 3.13. The molecule has 1 fully saturated rings. The highest BCUT2D eigenvalue weighted by Gasteiger charge is 2.30. The number of aliphatic hydroxyl groups excluding tert-OH is 1. The molecule has 0 saturated carbocycles. The van der Waals surface area contributed by atoms with Crippen LogP contribution in [-0.2, 0) is 0 Å². The molecule has 0 spiro atoms. The van der Waals surface area contributed by atoms with E-state index >= 15 is 0 Å². The first-order chi connectivity index (χ1) is 8.24. The maximum absolute atomic E-state index is 12.3. The van der Waals surface area contributed by atoms with Crippen LogP contribution in [0.5, 0.6) is 0 Å². The van der Waals surface area contributed by atoms with Gasteiger partial charge in [0.2, 0.25) is 0 Å². The van der Waals surface area contributed by atoms with Gasteiger partial charge in [-0.15, -0.1) is 11.3 Å². The van der Waals surface area contributed by atoms with Gasteiger partial charge in [-0.1, -0.05) is 0 Å². The van der Waals surface area contributed by atoms with Gasteiger partial charge >= 0.3 is 0 Å². The molecule has 0 aromatic carbocycles. The number of aliphatic hydroxyl groups is 1. The molecular formula is C12H18N2O2S. The van der Waals surface area contributed by atoms with Gasteiger partial charge in [-0.3, -0.25) is 4.79 Å². The lowest BCUT2D eigenvalue weighted by atomic mass is 10.1. The van der Waals surface area contributed by atoms with Gasteiger partial charge in [0.1, 0.15) is 4.88 Å². The molecule has 4 nitrogen and oxygen atoms in total. The van der Waals surface area contributed by atoms with Crippen LogP contribution in [0.4, 0.5) is 0 Å². The molecule has 1 unspecified atom stereocenters. The maximum atomic E-state index is 12.3. The number of likely N-dealkylation sites (tertiary alicyclic amines) is 1. The van der Waals surface area contributed by atoms with E-state index in [1.54, 1.807) is 5.51 Å². The Morgan fingerprint density at radius 2 is 2.53 bits per heavy atom. The second-order valence-electron chi connectivity index (χ2n) is 4.43. The summed E-state index contributed by atoms with van der Waals surface area (Å²) in [4.78, 5) is 19.2. The number of rotatable bonds is 4. The SMILES string of the molecule is Cc1ncsc1C(=O)N1CCCC1CCCO. The number of thiazole rings is 1. The third kappa shape index (κ3) is 2.66. The second-order valence-corrected chi connectivity index (χ2v) is 5.28. The Bertz CT molecular complexity index is 392. The number of amides is 1. The summed E-state index contributed by atoms with van der Waals surface area (Å²) in [5.74, 6) is 0.116. The van der Waals surface area contributed by atoms with E-state index in [0.717, 1.165) is 42.8 Å². The van der Waals surface area contributed by atoms with Crippen molar-refractivity contribution in [2.75, 3.05) is 13.2 Å². The minimum atomic E-state index is 0.116. The van der Waals surface area contributed by atoms with Crippen LogP contribution in [0.15, 0.2) is 5.51 Å². The zero-order chi connectivity index (χ0) is 12.3.